The molecule has 16 heavy (non-hydrogen) atoms. The molecule has 1 atom stereocenters. The Hall–Kier alpha value is -1.11. The van der Waals surface area contributed by atoms with Crippen LogP contribution >= 0.6 is 0 Å². The molecule has 90 valence electrons. The molecule has 5 nitrogen and oxygen atoms in total. The van der Waals surface area contributed by atoms with Crippen molar-refractivity contribution in [2.75, 3.05) is 18.9 Å². The topological polar surface area (TPSA) is 84.2 Å². The minimum Gasteiger partial charge on any atom is -0.381 e. The molecule has 0 saturated heterocycles. The Morgan fingerprint density at radius 3 is 2.69 bits per heavy atom. The van der Waals surface area contributed by atoms with Crippen LogP contribution in [-0.4, -0.2) is 28.1 Å². The average molecular weight is 243 g/mol. The standard InChI is InChI=1S/C10H17N3O2S/c1-8(7-11)13-9-4-3-5-10(6-9)16(14,15)12-2/h3-6,8,12-13H,7,11H2,1-2H3. The number of hydrogen-bond donors (Lipinski definition) is 3. The number of benzene rings is 1. The molecule has 1 aromatic carbocycles. The van der Waals surface area contributed by atoms with Crippen molar-refractivity contribution in [1.82, 2.24) is 4.72 Å². The highest BCUT2D eigenvalue weighted by Gasteiger charge is 2.11. The number of nitrogens with two attached hydrogens (primary N) is 1. The Morgan fingerprint density at radius 1 is 1.44 bits per heavy atom. The molecule has 0 amide bonds. The molecule has 0 saturated carbocycles. The summed E-state index contributed by atoms with van der Waals surface area (Å²) >= 11 is 0. The summed E-state index contributed by atoms with van der Waals surface area (Å²) in [4.78, 5) is 0.240. The first kappa shape index (κ1) is 13.0. The molecule has 0 heterocycles. The lowest BCUT2D eigenvalue weighted by atomic mass is 10.2. The minimum atomic E-state index is -3.38. The Labute approximate surface area is 96.1 Å². The first-order valence-electron chi connectivity index (χ1n) is 5.00. The van der Waals surface area contributed by atoms with Crippen molar-refractivity contribution in [2.24, 2.45) is 5.73 Å². The number of hydrogen-bond acceptors (Lipinski definition) is 4. The normalized spacial score (nSPS) is 13.4. The maximum absolute atomic E-state index is 11.5. The van der Waals surface area contributed by atoms with Gasteiger partial charge in [-0.05, 0) is 32.2 Å². The highest BCUT2D eigenvalue weighted by atomic mass is 32.2. The number of anilines is 1. The quantitative estimate of drug-likeness (QED) is 0.697. The lowest BCUT2D eigenvalue weighted by molar-refractivity contribution is 0.588. The molecule has 0 radical (unpaired) electrons. The largest absolute Gasteiger partial charge is 0.381 e. The van der Waals surface area contributed by atoms with Crippen LogP contribution in [0.2, 0.25) is 0 Å². The van der Waals surface area contributed by atoms with Crippen molar-refractivity contribution >= 4 is 15.7 Å². The lowest BCUT2D eigenvalue weighted by Crippen LogP contribution is -2.25. The highest BCUT2D eigenvalue weighted by molar-refractivity contribution is 7.89. The zero-order chi connectivity index (χ0) is 12.2. The van der Waals surface area contributed by atoms with Gasteiger partial charge in [0.1, 0.15) is 0 Å². The van der Waals surface area contributed by atoms with Crippen molar-refractivity contribution in [2.45, 2.75) is 17.9 Å². The molecule has 6 heteroatoms. The molecular weight excluding hydrogens is 226 g/mol. The van der Waals surface area contributed by atoms with Crippen molar-refractivity contribution < 1.29 is 8.42 Å². The molecule has 0 aliphatic carbocycles. The summed E-state index contributed by atoms with van der Waals surface area (Å²) in [5.41, 5.74) is 6.22. The average Bonchev–Trinajstić information content (AvgIpc) is 2.29. The van der Waals surface area contributed by atoms with Crippen LogP contribution in [-0.2, 0) is 10.0 Å². The summed E-state index contributed by atoms with van der Waals surface area (Å²) < 4.78 is 25.4. The third kappa shape index (κ3) is 3.19. The third-order valence-electron chi connectivity index (χ3n) is 2.18. The van der Waals surface area contributed by atoms with E-state index >= 15 is 0 Å². The fourth-order valence-corrected chi connectivity index (χ4v) is 1.99. The van der Waals surface area contributed by atoms with E-state index in [-0.39, 0.29) is 10.9 Å². The van der Waals surface area contributed by atoms with Gasteiger partial charge in [-0.2, -0.15) is 0 Å². The van der Waals surface area contributed by atoms with Crippen molar-refractivity contribution in [3.63, 3.8) is 0 Å². The maximum Gasteiger partial charge on any atom is 0.240 e. The van der Waals surface area contributed by atoms with Crippen molar-refractivity contribution in [1.29, 1.82) is 0 Å². The second-order valence-electron chi connectivity index (χ2n) is 3.52. The summed E-state index contributed by atoms with van der Waals surface area (Å²) in [5.74, 6) is 0. The van der Waals surface area contributed by atoms with E-state index in [1.807, 2.05) is 6.92 Å². The second-order valence-corrected chi connectivity index (χ2v) is 5.40. The van der Waals surface area contributed by atoms with Gasteiger partial charge in [0.2, 0.25) is 10.0 Å². The van der Waals surface area contributed by atoms with E-state index < -0.39 is 10.0 Å². The highest BCUT2D eigenvalue weighted by Crippen LogP contribution is 2.15. The summed E-state index contributed by atoms with van der Waals surface area (Å²) in [6.45, 7) is 2.42. The van der Waals surface area contributed by atoms with Crippen LogP contribution in [0.1, 0.15) is 6.92 Å². The van der Waals surface area contributed by atoms with Gasteiger partial charge in [0, 0.05) is 18.3 Å². The van der Waals surface area contributed by atoms with E-state index in [0.29, 0.717) is 6.54 Å². The van der Waals surface area contributed by atoms with Gasteiger partial charge >= 0.3 is 0 Å². The van der Waals surface area contributed by atoms with Crippen LogP contribution in [0.4, 0.5) is 5.69 Å². The van der Waals surface area contributed by atoms with Crippen molar-refractivity contribution in [3.8, 4) is 0 Å². The zero-order valence-electron chi connectivity index (χ0n) is 9.40. The van der Waals surface area contributed by atoms with Gasteiger partial charge in [0.05, 0.1) is 4.90 Å². The van der Waals surface area contributed by atoms with Crippen LogP contribution in [0, 0.1) is 0 Å². The lowest BCUT2D eigenvalue weighted by Gasteiger charge is -2.13. The second kappa shape index (κ2) is 5.29. The molecule has 0 aliphatic rings. The SMILES string of the molecule is CNS(=O)(=O)c1cccc(NC(C)CN)c1. The first-order chi connectivity index (χ1) is 7.49. The third-order valence-corrected chi connectivity index (χ3v) is 3.59. The molecule has 0 aromatic heterocycles. The first-order valence-corrected chi connectivity index (χ1v) is 6.48. The van der Waals surface area contributed by atoms with E-state index in [1.54, 1.807) is 24.3 Å². The molecule has 0 spiro atoms. The van der Waals surface area contributed by atoms with Crippen LogP contribution in [0.3, 0.4) is 0 Å². The summed E-state index contributed by atoms with van der Waals surface area (Å²) in [6.07, 6.45) is 0. The Kier molecular flexibility index (Phi) is 4.28. The summed E-state index contributed by atoms with van der Waals surface area (Å²) in [5, 5.41) is 3.11. The minimum absolute atomic E-state index is 0.104. The Balaban J connectivity index is 2.96. The fraction of sp³-hybridized carbons (Fsp3) is 0.400. The van der Waals surface area contributed by atoms with Gasteiger partial charge in [0.25, 0.3) is 0 Å². The van der Waals surface area contributed by atoms with Crippen LogP contribution in [0.15, 0.2) is 29.2 Å². The van der Waals surface area contributed by atoms with Gasteiger partial charge in [-0.1, -0.05) is 6.07 Å². The number of nitrogens with one attached hydrogen (secondary N) is 2. The van der Waals surface area contributed by atoms with Gasteiger partial charge in [-0.3, -0.25) is 0 Å². The van der Waals surface area contributed by atoms with Crippen molar-refractivity contribution in [3.05, 3.63) is 24.3 Å². The monoisotopic (exact) mass is 243 g/mol. The molecule has 1 unspecified atom stereocenters. The zero-order valence-corrected chi connectivity index (χ0v) is 10.2. The summed E-state index contributed by atoms with van der Waals surface area (Å²) in [7, 11) is -2.00. The number of sulfonamides is 1. The number of rotatable bonds is 5. The molecule has 0 fully saturated rings. The van der Waals surface area contributed by atoms with E-state index in [9.17, 15) is 8.42 Å². The van der Waals surface area contributed by atoms with Crippen LogP contribution < -0.4 is 15.8 Å². The van der Waals surface area contributed by atoms with Gasteiger partial charge in [-0.25, -0.2) is 13.1 Å². The molecule has 4 N–H and O–H groups in total. The Bertz CT molecular complexity index is 445. The predicted molar refractivity (Wildman–Crippen MR) is 64.8 cm³/mol. The molecule has 0 bridgehead atoms. The smallest absolute Gasteiger partial charge is 0.240 e. The fourth-order valence-electron chi connectivity index (χ4n) is 1.21. The van der Waals surface area contributed by atoms with E-state index in [1.165, 1.54) is 7.05 Å². The van der Waals surface area contributed by atoms with Gasteiger partial charge < -0.3 is 11.1 Å². The van der Waals surface area contributed by atoms with Gasteiger partial charge in [0.15, 0.2) is 0 Å². The summed E-state index contributed by atoms with van der Waals surface area (Å²) in [6, 6.07) is 6.73. The molecule has 1 aromatic rings. The predicted octanol–water partition coefficient (Wildman–Crippen LogP) is 0.354. The molecular formula is C10H17N3O2S. The molecule has 1 rings (SSSR count). The van der Waals surface area contributed by atoms with Crippen LogP contribution in [0.25, 0.3) is 0 Å². The van der Waals surface area contributed by atoms with Gasteiger partial charge in [-0.15, -0.1) is 0 Å². The Morgan fingerprint density at radius 2 is 2.12 bits per heavy atom. The maximum atomic E-state index is 11.5. The van der Waals surface area contributed by atoms with E-state index in [4.69, 9.17) is 5.73 Å². The van der Waals surface area contributed by atoms with E-state index in [2.05, 4.69) is 10.0 Å². The van der Waals surface area contributed by atoms with Crippen LogP contribution in [0.5, 0.6) is 0 Å². The van der Waals surface area contributed by atoms with E-state index in [0.717, 1.165) is 5.69 Å². The molecule has 0 aliphatic heterocycles.